The quantitative estimate of drug-likeness (QED) is 0.459. The van der Waals surface area contributed by atoms with Crippen LogP contribution < -0.4 is 14.9 Å². The van der Waals surface area contributed by atoms with Gasteiger partial charge in [0.2, 0.25) is 10.0 Å². The second kappa shape index (κ2) is 8.48. The minimum absolute atomic E-state index is 0.00740. The van der Waals surface area contributed by atoms with Gasteiger partial charge in [-0.3, -0.25) is 5.10 Å². The number of piperidine rings is 1. The number of nitrogens with zero attached hydrogens (tertiary/aromatic N) is 4. The van der Waals surface area contributed by atoms with Gasteiger partial charge in [-0.1, -0.05) is 0 Å². The van der Waals surface area contributed by atoms with Crippen LogP contribution in [0.5, 0.6) is 0 Å². The van der Waals surface area contributed by atoms with Crippen LogP contribution in [0.15, 0.2) is 34.0 Å². The summed E-state index contributed by atoms with van der Waals surface area (Å²) in [6.45, 7) is 0.372. The van der Waals surface area contributed by atoms with Crippen molar-refractivity contribution in [2.24, 2.45) is 5.92 Å². The lowest BCUT2D eigenvalue weighted by atomic mass is 9.96. The number of hydrogen-bond donors (Lipinski definition) is 3. The maximum absolute atomic E-state index is 13.1. The van der Waals surface area contributed by atoms with E-state index in [4.69, 9.17) is 0 Å². The second-order valence-electron chi connectivity index (χ2n) is 7.27. The van der Waals surface area contributed by atoms with Crippen molar-refractivity contribution >= 4 is 54.2 Å². The number of fused-ring (bicyclic) bond motifs is 1. The van der Waals surface area contributed by atoms with Gasteiger partial charge in [-0.2, -0.15) is 18.3 Å². The Morgan fingerprint density at radius 2 is 1.94 bits per heavy atom. The first kappa shape index (κ1) is 22.7. The number of halogens is 4. The van der Waals surface area contributed by atoms with E-state index >= 15 is 0 Å². The topological polar surface area (TPSA) is 116 Å². The zero-order valence-corrected chi connectivity index (χ0v) is 19.1. The minimum atomic E-state index is -4.22. The van der Waals surface area contributed by atoms with Crippen LogP contribution >= 0.6 is 15.9 Å². The van der Waals surface area contributed by atoms with Crippen LogP contribution in [0.3, 0.4) is 0 Å². The lowest BCUT2D eigenvalue weighted by molar-refractivity contribution is -0.179. The molecule has 3 N–H and O–H groups in total. The van der Waals surface area contributed by atoms with Gasteiger partial charge in [0, 0.05) is 13.1 Å². The van der Waals surface area contributed by atoms with Crippen molar-refractivity contribution in [2.45, 2.75) is 23.9 Å². The van der Waals surface area contributed by atoms with Gasteiger partial charge in [0.25, 0.3) is 0 Å². The van der Waals surface area contributed by atoms with E-state index in [2.05, 4.69) is 46.1 Å². The zero-order chi connectivity index (χ0) is 23.1. The average molecular weight is 534 g/mol. The van der Waals surface area contributed by atoms with Gasteiger partial charge in [-0.05, 0) is 54.0 Å². The summed E-state index contributed by atoms with van der Waals surface area (Å²) >= 11 is 3.35. The number of nitrogens with one attached hydrogen (secondary N) is 3. The van der Waals surface area contributed by atoms with Crippen molar-refractivity contribution in [1.29, 1.82) is 0 Å². The van der Waals surface area contributed by atoms with Crippen LogP contribution in [-0.2, 0) is 10.0 Å². The van der Waals surface area contributed by atoms with Crippen molar-refractivity contribution in [3.8, 4) is 0 Å². The number of aromatic nitrogens is 4. The van der Waals surface area contributed by atoms with Gasteiger partial charge in [0.15, 0.2) is 5.65 Å². The molecule has 3 aromatic rings. The Balaban J connectivity index is 1.73. The van der Waals surface area contributed by atoms with Crippen LogP contribution in [0.1, 0.15) is 12.8 Å². The highest BCUT2D eigenvalue weighted by Crippen LogP contribution is 2.39. The van der Waals surface area contributed by atoms with Crippen molar-refractivity contribution in [1.82, 2.24) is 24.9 Å². The molecular formula is C18H19BrF3N7O2S. The molecule has 32 heavy (non-hydrogen) atoms. The van der Waals surface area contributed by atoms with Crippen molar-refractivity contribution < 1.29 is 21.6 Å². The highest BCUT2D eigenvalue weighted by molar-refractivity contribution is 9.10. The summed E-state index contributed by atoms with van der Waals surface area (Å²) in [7, 11) is -2.45. The molecule has 0 aliphatic carbocycles. The molecule has 1 aliphatic heterocycles. The number of anilines is 3. The Kier molecular flexibility index (Phi) is 6.02. The Bertz CT molecular complexity index is 1240. The monoisotopic (exact) mass is 533 g/mol. The predicted octanol–water partition coefficient (Wildman–Crippen LogP) is 3.55. The molecule has 0 radical (unpaired) electrons. The molecule has 1 aliphatic rings. The average Bonchev–Trinajstić information content (AvgIpc) is 3.15. The first-order chi connectivity index (χ1) is 15.1. The summed E-state index contributed by atoms with van der Waals surface area (Å²) in [5, 5.41) is 10.5. The lowest BCUT2D eigenvalue weighted by Gasteiger charge is -2.35. The molecule has 1 saturated heterocycles. The molecule has 0 spiro atoms. The van der Waals surface area contributed by atoms with E-state index in [1.54, 1.807) is 6.07 Å². The van der Waals surface area contributed by atoms with Gasteiger partial charge in [-0.25, -0.2) is 23.1 Å². The summed E-state index contributed by atoms with van der Waals surface area (Å²) in [5.74, 6) is -0.983. The SMILES string of the molecule is CNS(=O)(=O)c1ccc(N2CCC(C(F)(F)F)CC2)c(Nc2ncnc3n[nH]c(Br)c23)c1. The largest absolute Gasteiger partial charge is 0.391 e. The molecule has 172 valence electrons. The summed E-state index contributed by atoms with van der Waals surface area (Å²) < 4.78 is 66.7. The third-order valence-corrected chi connectivity index (χ3v) is 7.39. The molecule has 0 bridgehead atoms. The fraction of sp³-hybridized carbons (Fsp3) is 0.389. The Morgan fingerprint density at radius 3 is 2.59 bits per heavy atom. The van der Waals surface area contributed by atoms with Gasteiger partial charge >= 0.3 is 6.18 Å². The van der Waals surface area contributed by atoms with E-state index < -0.39 is 22.1 Å². The van der Waals surface area contributed by atoms with Gasteiger partial charge in [0.05, 0.1) is 27.6 Å². The van der Waals surface area contributed by atoms with E-state index in [9.17, 15) is 21.6 Å². The van der Waals surface area contributed by atoms with Gasteiger partial charge in [0.1, 0.15) is 16.7 Å². The molecule has 0 unspecified atom stereocenters. The molecule has 2 aromatic heterocycles. The van der Waals surface area contributed by atoms with Crippen LogP contribution in [0, 0.1) is 5.92 Å². The van der Waals surface area contributed by atoms with Crippen LogP contribution in [-0.4, -0.2) is 54.9 Å². The summed E-state index contributed by atoms with van der Waals surface area (Å²) in [4.78, 5) is 10.1. The Hall–Kier alpha value is -2.45. The summed E-state index contributed by atoms with van der Waals surface area (Å²) in [6, 6.07) is 4.44. The number of aromatic amines is 1. The molecule has 0 amide bonds. The first-order valence-electron chi connectivity index (χ1n) is 9.61. The normalized spacial score (nSPS) is 16.0. The van der Waals surface area contributed by atoms with E-state index in [0.29, 0.717) is 32.8 Å². The number of H-pyrrole nitrogens is 1. The third-order valence-electron chi connectivity index (χ3n) is 5.41. The zero-order valence-electron chi connectivity index (χ0n) is 16.7. The Labute approximate surface area is 190 Å². The van der Waals surface area contributed by atoms with Crippen LogP contribution in [0.2, 0.25) is 0 Å². The van der Waals surface area contributed by atoms with Crippen LogP contribution in [0.25, 0.3) is 11.0 Å². The van der Waals surface area contributed by atoms with Crippen molar-refractivity contribution in [3.63, 3.8) is 0 Å². The van der Waals surface area contributed by atoms with Gasteiger partial charge in [-0.15, -0.1) is 0 Å². The number of benzene rings is 1. The number of hydrogen-bond acceptors (Lipinski definition) is 7. The molecule has 0 atom stereocenters. The summed E-state index contributed by atoms with van der Waals surface area (Å²) in [6.07, 6.45) is -2.99. The first-order valence-corrected chi connectivity index (χ1v) is 11.9. The maximum atomic E-state index is 13.1. The highest BCUT2D eigenvalue weighted by atomic mass is 79.9. The number of rotatable bonds is 5. The molecule has 4 rings (SSSR count). The van der Waals surface area contributed by atoms with Gasteiger partial charge < -0.3 is 10.2 Å². The third kappa shape index (κ3) is 4.38. The molecule has 1 fully saturated rings. The van der Waals surface area contributed by atoms with Crippen LogP contribution in [0.4, 0.5) is 30.4 Å². The predicted molar refractivity (Wildman–Crippen MR) is 116 cm³/mol. The molecular weight excluding hydrogens is 515 g/mol. The van der Waals surface area contributed by atoms with E-state index in [0.717, 1.165) is 0 Å². The van der Waals surface area contributed by atoms with E-state index in [1.165, 1.54) is 25.5 Å². The fourth-order valence-corrected chi connectivity index (χ4v) is 4.88. The maximum Gasteiger partial charge on any atom is 0.391 e. The molecule has 0 saturated carbocycles. The molecule has 1 aromatic carbocycles. The fourth-order valence-electron chi connectivity index (χ4n) is 3.67. The van der Waals surface area contributed by atoms with E-state index in [1.807, 2.05) is 4.90 Å². The molecule has 3 heterocycles. The minimum Gasteiger partial charge on any atom is -0.370 e. The van der Waals surface area contributed by atoms with E-state index in [-0.39, 0.29) is 30.8 Å². The highest BCUT2D eigenvalue weighted by Gasteiger charge is 2.41. The smallest absolute Gasteiger partial charge is 0.370 e. The van der Waals surface area contributed by atoms with Crippen molar-refractivity contribution in [3.05, 3.63) is 29.1 Å². The molecule has 14 heteroatoms. The summed E-state index contributed by atoms with van der Waals surface area (Å²) in [5.41, 5.74) is 1.35. The van der Waals surface area contributed by atoms with Crippen molar-refractivity contribution in [2.75, 3.05) is 30.4 Å². The number of alkyl halides is 3. The number of sulfonamides is 1. The second-order valence-corrected chi connectivity index (χ2v) is 9.95. The lowest BCUT2D eigenvalue weighted by Crippen LogP contribution is -2.39. The Morgan fingerprint density at radius 1 is 1.22 bits per heavy atom. The standard InChI is InChI=1S/C18H19BrF3N7O2S/c1-23-32(30,31)11-2-3-13(29-6-4-10(5-7-29)18(20,21)22)12(8-11)26-16-14-15(19)27-28-17(14)25-9-24-16/h2-3,8-10,23H,4-7H2,1H3,(H2,24,25,26,27,28). The molecule has 9 nitrogen and oxygen atoms in total.